The van der Waals surface area contributed by atoms with Crippen molar-refractivity contribution in [1.29, 1.82) is 0 Å². The first-order valence-electron chi connectivity index (χ1n) is 8.60. The van der Waals surface area contributed by atoms with Crippen LogP contribution in [0.5, 0.6) is 0 Å². The van der Waals surface area contributed by atoms with E-state index >= 15 is 0 Å². The minimum absolute atomic E-state index is 0.0883. The van der Waals surface area contributed by atoms with Crippen molar-refractivity contribution in [2.24, 2.45) is 28.3 Å². The van der Waals surface area contributed by atoms with Crippen molar-refractivity contribution >= 4 is 23.4 Å². The second-order valence-corrected chi connectivity index (χ2v) is 7.79. The van der Waals surface area contributed by atoms with Gasteiger partial charge in [0.05, 0.1) is 0 Å². The molecule has 4 bridgehead atoms. The Balaban J connectivity index is 1.37. The summed E-state index contributed by atoms with van der Waals surface area (Å²) < 4.78 is 5.20. The van der Waals surface area contributed by atoms with Gasteiger partial charge >= 0.3 is 5.97 Å². The molecule has 4 fully saturated rings. The van der Waals surface area contributed by atoms with Gasteiger partial charge in [0, 0.05) is 18.3 Å². The number of Topliss-reactive ketones (excluding diaryl/α,β-unsaturated/α-hetero) is 1. The molecule has 0 radical (unpaired) electrons. The van der Waals surface area contributed by atoms with E-state index < -0.39 is 5.97 Å². The predicted molar refractivity (Wildman–Crippen MR) is 81.4 cm³/mol. The number of rotatable bonds is 4. The van der Waals surface area contributed by atoms with E-state index in [0.29, 0.717) is 17.8 Å². The Labute approximate surface area is 135 Å². The number of ether oxygens (including phenoxy) is 1. The Hall–Kier alpha value is -1.72. The summed E-state index contributed by atoms with van der Waals surface area (Å²) in [5.41, 5.74) is 2.23. The van der Waals surface area contributed by atoms with Crippen LogP contribution in [0, 0.1) is 23.2 Å². The fourth-order valence-electron chi connectivity index (χ4n) is 5.44. The lowest BCUT2D eigenvalue weighted by atomic mass is 9.48. The minimum atomic E-state index is -0.580. The molecule has 124 valence electrons. The lowest BCUT2D eigenvalue weighted by Crippen LogP contribution is -2.51. The van der Waals surface area contributed by atoms with E-state index in [9.17, 15) is 14.4 Å². The number of hydrogen-bond donors (Lipinski definition) is 1. The van der Waals surface area contributed by atoms with Crippen LogP contribution < -0.4 is 5.43 Å². The lowest BCUT2D eigenvalue weighted by Gasteiger charge is -2.55. The van der Waals surface area contributed by atoms with Gasteiger partial charge in [-0.15, -0.1) is 0 Å². The van der Waals surface area contributed by atoms with Gasteiger partial charge in [0.2, 0.25) is 5.91 Å². The summed E-state index contributed by atoms with van der Waals surface area (Å²) in [6.07, 6.45) is 7.28. The fourth-order valence-corrected chi connectivity index (χ4v) is 5.44. The highest BCUT2D eigenvalue weighted by molar-refractivity contribution is 6.37. The molecule has 0 spiro atoms. The van der Waals surface area contributed by atoms with Crippen LogP contribution in [-0.2, 0) is 19.1 Å². The molecule has 0 saturated heterocycles. The van der Waals surface area contributed by atoms with Gasteiger partial charge in [-0.1, -0.05) is 0 Å². The third-order valence-electron chi connectivity index (χ3n) is 6.10. The number of nitrogens with one attached hydrogen (secondary N) is 1. The zero-order valence-electron chi connectivity index (χ0n) is 13.2. The van der Waals surface area contributed by atoms with Gasteiger partial charge in [-0.3, -0.25) is 9.59 Å². The Morgan fingerprint density at radius 3 is 2.22 bits per heavy atom. The lowest BCUT2D eigenvalue weighted by molar-refractivity contribution is -0.154. The molecule has 0 aromatic carbocycles. The zero-order chi connectivity index (χ0) is 16.0. The molecule has 0 aromatic rings. The van der Waals surface area contributed by atoms with Crippen LogP contribution in [0.1, 0.15) is 51.4 Å². The first-order valence-corrected chi connectivity index (χ1v) is 8.60. The average molecular weight is 318 g/mol. The van der Waals surface area contributed by atoms with Crippen molar-refractivity contribution in [3.63, 3.8) is 0 Å². The highest BCUT2D eigenvalue weighted by atomic mass is 16.5. The topological polar surface area (TPSA) is 84.8 Å². The molecule has 5 aliphatic rings. The molecule has 0 unspecified atom stereocenters. The molecule has 0 aromatic heterocycles. The van der Waals surface area contributed by atoms with Gasteiger partial charge in [0.25, 0.3) is 0 Å². The molecular formula is C17H22N2O4. The van der Waals surface area contributed by atoms with E-state index in [0.717, 1.165) is 19.3 Å². The first-order chi connectivity index (χ1) is 11.0. The Kier molecular flexibility index (Phi) is 3.50. The van der Waals surface area contributed by atoms with Crippen LogP contribution in [0.25, 0.3) is 0 Å². The highest BCUT2D eigenvalue weighted by Crippen LogP contribution is 2.60. The SMILES string of the molecule is O=C1CCC(C(=O)OCC(=O)C23CC4CC(CC(C4)C2)C3)=NN1. The molecular weight excluding hydrogens is 296 g/mol. The summed E-state index contributed by atoms with van der Waals surface area (Å²) in [4.78, 5) is 35.8. The van der Waals surface area contributed by atoms with Gasteiger partial charge < -0.3 is 4.74 Å². The maximum Gasteiger partial charge on any atom is 0.354 e. The van der Waals surface area contributed by atoms with Crippen LogP contribution in [-0.4, -0.2) is 30.0 Å². The second kappa shape index (κ2) is 5.42. The fraction of sp³-hybridized carbons (Fsp3) is 0.765. The Morgan fingerprint density at radius 1 is 1.09 bits per heavy atom. The summed E-state index contributed by atoms with van der Waals surface area (Å²) in [7, 11) is 0. The van der Waals surface area contributed by atoms with Crippen molar-refractivity contribution in [2.75, 3.05) is 6.61 Å². The molecule has 0 atom stereocenters. The third kappa shape index (κ3) is 2.68. The van der Waals surface area contributed by atoms with Crippen molar-refractivity contribution in [1.82, 2.24) is 5.43 Å². The summed E-state index contributed by atoms with van der Waals surface area (Å²) >= 11 is 0. The number of amides is 1. The number of carbonyl (C=O) groups is 3. The maximum absolute atomic E-state index is 12.7. The van der Waals surface area contributed by atoms with Crippen LogP contribution in [0.3, 0.4) is 0 Å². The zero-order valence-corrected chi connectivity index (χ0v) is 13.2. The molecule has 23 heavy (non-hydrogen) atoms. The molecule has 1 N–H and O–H groups in total. The number of nitrogens with zero attached hydrogens (tertiary/aromatic N) is 1. The minimum Gasteiger partial charge on any atom is -0.453 e. The number of esters is 1. The summed E-state index contributed by atoms with van der Waals surface area (Å²) in [5.74, 6) is 1.39. The van der Waals surface area contributed by atoms with Gasteiger partial charge in [0.15, 0.2) is 12.4 Å². The third-order valence-corrected chi connectivity index (χ3v) is 6.10. The number of ketones is 1. The molecule has 6 heteroatoms. The monoisotopic (exact) mass is 318 g/mol. The largest absolute Gasteiger partial charge is 0.453 e. The van der Waals surface area contributed by atoms with Crippen molar-refractivity contribution in [3.8, 4) is 0 Å². The predicted octanol–water partition coefficient (Wildman–Crippen LogP) is 1.58. The van der Waals surface area contributed by atoms with Gasteiger partial charge in [-0.05, 0) is 56.3 Å². The van der Waals surface area contributed by atoms with Gasteiger partial charge in [-0.2, -0.15) is 5.10 Å². The van der Waals surface area contributed by atoms with Crippen LogP contribution in [0.4, 0.5) is 0 Å². The molecule has 1 heterocycles. The van der Waals surface area contributed by atoms with Crippen molar-refractivity contribution in [2.45, 2.75) is 51.4 Å². The molecule has 4 aliphatic carbocycles. The molecule has 1 amide bonds. The molecule has 6 nitrogen and oxygen atoms in total. The van der Waals surface area contributed by atoms with Gasteiger partial charge in [-0.25, -0.2) is 10.2 Å². The highest BCUT2D eigenvalue weighted by Gasteiger charge is 2.54. The molecule has 4 saturated carbocycles. The van der Waals surface area contributed by atoms with E-state index in [2.05, 4.69) is 10.5 Å². The van der Waals surface area contributed by atoms with E-state index in [1.807, 2.05) is 0 Å². The molecule has 5 rings (SSSR count). The summed E-state index contributed by atoms with van der Waals surface area (Å²) in [6, 6.07) is 0. The summed E-state index contributed by atoms with van der Waals surface area (Å²) in [5, 5.41) is 3.71. The second-order valence-electron chi connectivity index (χ2n) is 7.79. The summed E-state index contributed by atoms with van der Waals surface area (Å²) in [6.45, 7) is -0.155. The normalized spacial score (nSPS) is 38.0. The average Bonchev–Trinajstić information content (AvgIpc) is 2.51. The molecule has 1 aliphatic heterocycles. The maximum atomic E-state index is 12.7. The van der Waals surface area contributed by atoms with E-state index in [1.54, 1.807) is 0 Å². The standard InChI is InChI=1S/C17H22N2O4/c20-14(9-23-16(22)13-1-2-15(21)19-18-13)17-6-10-3-11(7-17)5-12(4-10)8-17/h10-12H,1-9H2,(H,19,21). The quantitative estimate of drug-likeness (QED) is 0.798. The van der Waals surface area contributed by atoms with Gasteiger partial charge in [0.1, 0.15) is 5.71 Å². The van der Waals surface area contributed by atoms with E-state index in [1.165, 1.54) is 19.3 Å². The smallest absolute Gasteiger partial charge is 0.354 e. The first kappa shape index (κ1) is 14.8. The van der Waals surface area contributed by atoms with Crippen LogP contribution >= 0.6 is 0 Å². The van der Waals surface area contributed by atoms with Crippen molar-refractivity contribution in [3.05, 3.63) is 0 Å². The Bertz CT molecular complexity index is 560. The van der Waals surface area contributed by atoms with E-state index in [-0.39, 0.29) is 42.3 Å². The van der Waals surface area contributed by atoms with Crippen molar-refractivity contribution < 1.29 is 19.1 Å². The number of hydrogen-bond acceptors (Lipinski definition) is 5. The van der Waals surface area contributed by atoms with E-state index in [4.69, 9.17) is 4.74 Å². The van der Waals surface area contributed by atoms with Crippen LogP contribution in [0.2, 0.25) is 0 Å². The Morgan fingerprint density at radius 2 is 1.70 bits per heavy atom. The van der Waals surface area contributed by atoms with Crippen LogP contribution in [0.15, 0.2) is 5.10 Å². The number of carbonyl (C=O) groups excluding carboxylic acids is 3. The number of hydrazone groups is 1.